The lowest BCUT2D eigenvalue weighted by Gasteiger charge is -2.37. The molecule has 2 aliphatic rings. The Morgan fingerprint density at radius 2 is 1.78 bits per heavy atom. The smallest absolute Gasteiger partial charge is 0.337 e. The predicted octanol–water partition coefficient (Wildman–Crippen LogP) is 5.03. The van der Waals surface area contributed by atoms with Crippen LogP contribution in [0.4, 0.5) is 11.4 Å². The van der Waals surface area contributed by atoms with Crippen LogP contribution in [0, 0.1) is 5.41 Å². The number of fused-ring (bicyclic) bond motifs is 1. The van der Waals surface area contributed by atoms with Crippen molar-refractivity contribution in [3.8, 4) is 0 Å². The molecule has 6 heteroatoms. The number of anilines is 2. The van der Waals surface area contributed by atoms with Crippen molar-refractivity contribution in [3.05, 3.63) is 70.9 Å². The van der Waals surface area contributed by atoms with E-state index < -0.39 is 12.0 Å². The number of allylic oxidation sites excluding steroid dienone is 1. The van der Waals surface area contributed by atoms with Gasteiger partial charge in [-0.25, -0.2) is 4.79 Å². The molecule has 0 bridgehead atoms. The molecule has 0 spiro atoms. The van der Waals surface area contributed by atoms with E-state index in [0.717, 1.165) is 22.6 Å². The molecule has 0 radical (unpaired) electrons. The second-order valence-corrected chi connectivity index (χ2v) is 9.11. The maximum Gasteiger partial charge on any atom is 0.337 e. The monoisotopic (exact) mass is 432 g/mol. The van der Waals surface area contributed by atoms with Gasteiger partial charge in [-0.15, -0.1) is 0 Å². The maximum absolute atomic E-state index is 13.5. The summed E-state index contributed by atoms with van der Waals surface area (Å²) < 4.78 is 4.81. The highest BCUT2D eigenvalue weighted by molar-refractivity contribution is 6.06. The van der Waals surface area contributed by atoms with Gasteiger partial charge in [-0.3, -0.25) is 14.5 Å². The molecule has 0 aromatic heterocycles. The van der Waals surface area contributed by atoms with Gasteiger partial charge in [0.1, 0.15) is 0 Å². The minimum atomic E-state index is -0.580. The van der Waals surface area contributed by atoms with E-state index in [9.17, 15) is 14.4 Å². The summed E-state index contributed by atoms with van der Waals surface area (Å²) in [6.45, 7) is 5.99. The molecule has 1 aliphatic carbocycles. The van der Waals surface area contributed by atoms with Crippen molar-refractivity contribution >= 4 is 29.0 Å². The van der Waals surface area contributed by atoms with Crippen LogP contribution in [0.25, 0.3) is 0 Å². The minimum Gasteiger partial charge on any atom is -0.465 e. The first-order valence-corrected chi connectivity index (χ1v) is 10.9. The minimum absolute atomic E-state index is 0.0347. The van der Waals surface area contributed by atoms with Crippen LogP contribution in [0.1, 0.15) is 62.0 Å². The molecule has 6 nitrogen and oxygen atoms in total. The highest BCUT2D eigenvalue weighted by atomic mass is 16.5. The van der Waals surface area contributed by atoms with Gasteiger partial charge in [0.05, 0.1) is 30.1 Å². The molecule has 0 unspecified atom stereocenters. The molecule has 166 valence electrons. The van der Waals surface area contributed by atoms with Crippen LogP contribution in [0.15, 0.2) is 59.8 Å². The number of rotatable bonds is 3. The number of methoxy groups -OCH3 is 1. The van der Waals surface area contributed by atoms with Gasteiger partial charge >= 0.3 is 5.97 Å². The molecule has 0 fully saturated rings. The fourth-order valence-corrected chi connectivity index (χ4v) is 4.67. The third kappa shape index (κ3) is 3.81. The van der Waals surface area contributed by atoms with Crippen LogP contribution < -0.4 is 10.2 Å². The Kier molecular flexibility index (Phi) is 5.63. The zero-order chi connectivity index (χ0) is 23.0. The lowest BCUT2D eigenvalue weighted by molar-refractivity contribution is -0.119. The number of benzene rings is 2. The zero-order valence-electron chi connectivity index (χ0n) is 18.9. The van der Waals surface area contributed by atoms with E-state index >= 15 is 0 Å². The standard InChI is InChI=1S/C26H28N2O4/c1-5-22(30)28-20-9-7-6-8-18(20)27-19-14-26(2,3)15-21(29)23(19)24(28)16-10-12-17(13-11-16)25(31)32-4/h6-13,24,27H,5,14-15H2,1-4H3/t24-/m0/s1. The number of amides is 1. The highest BCUT2D eigenvalue weighted by Crippen LogP contribution is 2.48. The maximum atomic E-state index is 13.5. The number of carbonyl (C=O) groups excluding carboxylic acids is 3. The molecule has 32 heavy (non-hydrogen) atoms. The Hall–Kier alpha value is -3.41. The second kappa shape index (κ2) is 8.26. The van der Waals surface area contributed by atoms with E-state index in [-0.39, 0.29) is 17.1 Å². The number of esters is 1. The van der Waals surface area contributed by atoms with Crippen LogP contribution in [0.2, 0.25) is 0 Å². The molecule has 1 atom stereocenters. The number of Topliss-reactive ketones (excluding diaryl/α,β-unsaturated/α-hetero) is 1. The first-order chi connectivity index (χ1) is 15.3. The largest absolute Gasteiger partial charge is 0.465 e. The molecule has 0 saturated heterocycles. The second-order valence-electron chi connectivity index (χ2n) is 9.11. The van der Waals surface area contributed by atoms with Crippen molar-refractivity contribution in [3.63, 3.8) is 0 Å². The summed E-state index contributed by atoms with van der Waals surface area (Å²) in [6, 6.07) is 14.0. The Bertz CT molecular complexity index is 1110. The van der Waals surface area contributed by atoms with Crippen LogP contribution in [-0.4, -0.2) is 24.8 Å². The number of nitrogens with zero attached hydrogens (tertiary/aromatic N) is 1. The Labute approximate surface area is 188 Å². The van der Waals surface area contributed by atoms with Gasteiger partial charge in [0.25, 0.3) is 0 Å². The fraction of sp³-hybridized carbons (Fsp3) is 0.346. The normalized spacial score (nSPS) is 19.4. The Balaban J connectivity index is 1.96. The lowest BCUT2D eigenvalue weighted by Crippen LogP contribution is -2.39. The van der Waals surface area contributed by atoms with Gasteiger partial charge in [0, 0.05) is 24.1 Å². The number of ether oxygens (including phenoxy) is 1. The predicted molar refractivity (Wildman–Crippen MR) is 123 cm³/mol. The van der Waals surface area contributed by atoms with Gasteiger partial charge in [-0.1, -0.05) is 45.0 Å². The molecule has 1 N–H and O–H groups in total. The molecular formula is C26H28N2O4. The molecule has 1 aliphatic heterocycles. The van der Waals surface area contributed by atoms with Gasteiger partial charge in [-0.2, -0.15) is 0 Å². The molecule has 1 amide bonds. The van der Waals surface area contributed by atoms with Gasteiger partial charge in [0.15, 0.2) is 5.78 Å². The first-order valence-electron chi connectivity index (χ1n) is 10.9. The number of nitrogens with one attached hydrogen (secondary N) is 1. The van der Waals surface area contributed by atoms with Gasteiger partial charge in [-0.05, 0) is 41.7 Å². The molecule has 1 heterocycles. The van der Waals surface area contributed by atoms with Crippen LogP contribution in [-0.2, 0) is 14.3 Å². The van der Waals surface area contributed by atoms with Crippen molar-refractivity contribution in [2.45, 2.75) is 46.1 Å². The quantitative estimate of drug-likeness (QED) is 0.689. The van der Waals surface area contributed by atoms with E-state index in [1.54, 1.807) is 29.2 Å². The summed E-state index contributed by atoms with van der Waals surface area (Å²) in [6.07, 6.45) is 1.41. The topological polar surface area (TPSA) is 75.7 Å². The van der Waals surface area contributed by atoms with Crippen molar-refractivity contribution in [1.82, 2.24) is 0 Å². The summed E-state index contributed by atoms with van der Waals surface area (Å²) >= 11 is 0. The lowest BCUT2D eigenvalue weighted by atomic mass is 9.73. The molecule has 2 aromatic rings. The summed E-state index contributed by atoms with van der Waals surface area (Å²) in [4.78, 5) is 40.4. The van der Waals surface area contributed by atoms with Crippen molar-refractivity contribution < 1.29 is 19.1 Å². The number of para-hydroxylation sites is 2. The van der Waals surface area contributed by atoms with E-state index in [1.807, 2.05) is 31.2 Å². The number of ketones is 1. The zero-order valence-corrected chi connectivity index (χ0v) is 18.9. The average molecular weight is 433 g/mol. The van der Waals surface area contributed by atoms with Crippen molar-refractivity contribution in [2.24, 2.45) is 5.41 Å². The molecule has 4 rings (SSSR count). The highest BCUT2D eigenvalue weighted by Gasteiger charge is 2.42. The average Bonchev–Trinajstić information content (AvgIpc) is 2.91. The SMILES string of the molecule is CCC(=O)N1c2ccccc2NC2=C(C(=O)CC(C)(C)C2)[C@@H]1c1ccc(C(=O)OC)cc1. The van der Waals surface area contributed by atoms with Crippen LogP contribution in [0.5, 0.6) is 0 Å². The summed E-state index contributed by atoms with van der Waals surface area (Å²) in [5.41, 5.74) is 4.03. The molecular weight excluding hydrogens is 404 g/mol. The van der Waals surface area contributed by atoms with Gasteiger partial charge in [0.2, 0.25) is 5.91 Å². The van der Waals surface area contributed by atoms with E-state index in [0.29, 0.717) is 30.4 Å². The van der Waals surface area contributed by atoms with E-state index in [2.05, 4.69) is 19.2 Å². The number of hydrogen-bond donors (Lipinski definition) is 1. The van der Waals surface area contributed by atoms with E-state index in [1.165, 1.54) is 7.11 Å². The summed E-state index contributed by atoms with van der Waals surface area (Å²) in [5.74, 6) is -0.471. The number of carbonyl (C=O) groups is 3. The fourth-order valence-electron chi connectivity index (χ4n) is 4.67. The van der Waals surface area contributed by atoms with Crippen LogP contribution in [0.3, 0.4) is 0 Å². The Morgan fingerprint density at radius 1 is 1.09 bits per heavy atom. The molecule has 2 aromatic carbocycles. The summed E-state index contributed by atoms with van der Waals surface area (Å²) in [5, 5.41) is 3.49. The van der Waals surface area contributed by atoms with Crippen molar-refractivity contribution in [1.29, 1.82) is 0 Å². The number of hydrogen-bond acceptors (Lipinski definition) is 5. The third-order valence-corrected chi connectivity index (χ3v) is 6.12. The van der Waals surface area contributed by atoms with E-state index in [4.69, 9.17) is 4.74 Å². The van der Waals surface area contributed by atoms with Crippen molar-refractivity contribution in [2.75, 3.05) is 17.3 Å². The third-order valence-electron chi connectivity index (χ3n) is 6.12. The van der Waals surface area contributed by atoms with Gasteiger partial charge < -0.3 is 10.1 Å². The van der Waals surface area contributed by atoms with Crippen LogP contribution >= 0.6 is 0 Å². The Morgan fingerprint density at radius 3 is 2.44 bits per heavy atom. The first kappa shape index (κ1) is 21.8. The molecule has 0 saturated carbocycles. The summed E-state index contributed by atoms with van der Waals surface area (Å²) in [7, 11) is 1.34.